The van der Waals surface area contributed by atoms with Gasteiger partial charge in [-0.25, -0.2) is 0 Å². The fourth-order valence-corrected chi connectivity index (χ4v) is 1.31. The van der Waals surface area contributed by atoms with E-state index in [9.17, 15) is 4.79 Å². The molecule has 1 amide bonds. The summed E-state index contributed by atoms with van der Waals surface area (Å²) in [5.41, 5.74) is 1.84. The highest BCUT2D eigenvalue weighted by atomic mass is 16.5. The lowest BCUT2D eigenvalue weighted by Gasteiger charge is -2.09. The Morgan fingerprint density at radius 2 is 2.05 bits per heavy atom. The predicted molar refractivity (Wildman–Crippen MR) is 78.4 cm³/mol. The lowest BCUT2D eigenvalue weighted by molar-refractivity contribution is -0.119. The van der Waals surface area contributed by atoms with Crippen LogP contribution in [0.2, 0.25) is 0 Å². The summed E-state index contributed by atoms with van der Waals surface area (Å²) in [4.78, 5) is 11.4. The van der Waals surface area contributed by atoms with E-state index in [-0.39, 0.29) is 12.5 Å². The Kier molecular flexibility index (Phi) is 6.22. The van der Waals surface area contributed by atoms with Crippen molar-refractivity contribution in [3.63, 3.8) is 0 Å². The number of hydrogen-bond donors (Lipinski definition) is 2. The van der Waals surface area contributed by atoms with E-state index in [2.05, 4.69) is 23.8 Å². The zero-order valence-electron chi connectivity index (χ0n) is 11.2. The normalized spacial score (nSPS) is 9.53. The maximum atomic E-state index is 11.4. The quantitative estimate of drug-likeness (QED) is 0.705. The smallest absolute Gasteiger partial charge is 0.239 e. The Hall–Kier alpha value is -2.23. The van der Waals surface area contributed by atoms with E-state index >= 15 is 0 Å². The molecule has 1 aromatic carbocycles. The Bertz CT molecular complexity index is 438. The summed E-state index contributed by atoms with van der Waals surface area (Å²) in [5.74, 6) is 0.715. The van der Waals surface area contributed by atoms with Crippen LogP contribution in [-0.2, 0) is 4.79 Å². The molecule has 0 saturated heterocycles. The fraction of sp³-hybridized carbons (Fsp3) is 0.267. The summed E-state index contributed by atoms with van der Waals surface area (Å²) >= 11 is 0. The molecule has 1 aromatic rings. The van der Waals surface area contributed by atoms with Crippen molar-refractivity contribution < 1.29 is 9.53 Å². The minimum absolute atomic E-state index is 0.0671. The minimum Gasteiger partial charge on any atom is -0.489 e. The van der Waals surface area contributed by atoms with E-state index in [1.807, 2.05) is 31.2 Å². The van der Waals surface area contributed by atoms with Crippen LogP contribution in [0.3, 0.4) is 0 Å². The molecule has 0 atom stereocenters. The lowest BCUT2D eigenvalue weighted by Crippen LogP contribution is -2.29. The van der Waals surface area contributed by atoms with Gasteiger partial charge >= 0.3 is 0 Å². The molecule has 0 aliphatic heterocycles. The monoisotopic (exact) mass is 260 g/mol. The van der Waals surface area contributed by atoms with Gasteiger partial charge in [-0.05, 0) is 36.8 Å². The standard InChI is InChI=1S/C15H20N2O2/c1-4-9-16-15(18)10-17-13-5-7-14(8-6-13)19-11-12(2)3/h4-8,17H,1-2,9-11H2,3H3,(H,16,18). The van der Waals surface area contributed by atoms with Crippen molar-refractivity contribution in [2.45, 2.75) is 6.92 Å². The summed E-state index contributed by atoms with van der Waals surface area (Å²) in [6.45, 7) is 10.4. The molecule has 0 unspecified atom stereocenters. The van der Waals surface area contributed by atoms with E-state index in [0.29, 0.717) is 13.2 Å². The average molecular weight is 260 g/mol. The summed E-state index contributed by atoms with van der Waals surface area (Å²) in [6.07, 6.45) is 1.64. The van der Waals surface area contributed by atoms with Gasteiger partial charge in [0.15, 0.2) is 0 Å². The van der Waals surface area contributed by atoms with Crippen molar-refractivity contribution in [2.75, 3.05) is 25.0 Å². The maximum absolute atomic E-state index is 11.4. The first kappa shape index (κ1) is 14.8. The van der Waals surface area contributed by atoms with Crippen LogP contribution in [0, 0.1) is 0 Å². The second-order valence-corrected chi connectivity index (χ2v) is 4.22. The van der Waals surface area contributed by atoms with Crippen LogP contribution in [-0.4, -0.2) is 25.6 Å². The fourth-order valence-electron chi connectivity index (χ4n) is 1.31. The van der Waals surface area contributed by atoms with Gasteiger partial charge in [0.25, 0.3) is 0 Å². The summed E-state index contributed by atoms with van der Waals surface area (Å²) in [7, 11) is 0. The van der Waals surface area contributed by atoms with Gasteiger partial charge in [-0.2, -0.15) is 0 Å². The van der Waals surface area contributed by atoms with Gasteiger partial charge in [0.1, 0.15) is 12.4 Å². The van der Waals surface area contributed by atoms with Crippen molar-refractivity contribution in [1.29, 1.82) is 0 Å². The molecule has 0 aliphatic carbocycles. The molecule has 0 spiro atoms. The number of hydrogen-bond acceptors (Lipinski definition) is 3. The van der Waals surface area contributed by atoms with Gasteiger partial charge in [-0.1, -0.05) is 12.7 Å². The summed E-state index contributed by atoms with van der Waals surface area (Å²) in [5, 5.41) is 5.72. The number of carbonyl (C=O) groups excluding carboxylic acids is 1. The first-order chi connectivity index (χ1) is 9.11. The molecule has 2 N–H and O–H groups in total. The van der Waals surface area contributed by atoms with E-state index < -0.39 is 0 Å². The van der Waals surface area contributed by atoms with Crippen molar-refractivity contribution in [2.24, 2.45) is 0 Å². The van der Waals surface area contributed by atoms with Gasteiger partial charge in [0.2, 0.25) is 5.91 Å². The van der Waals surface area contributed by atoms with Crippen molar-refractivity contribution in [3.8, 4) is 5.75 Å². The van der Waals surface area contributed by atoms with Crippen molar-refractivity contribution >= 4 is 11.6 Å². The molecule has 4 heteroatoms. The number of rotatable bonds is 8. The molecule has 19 heavy (non-hydrogen) atoms. The van der Waals surface area contributed by atoms with Crippen LogP contribution in [0.1, 0.15) is 6.92 Å². The van der Waals surface area contributed by atoms with Gasteiger partial charge in [-0.3, -0.25) is 4.79 Å². The second kappa shape index (κ2) is 7.97. The van der Waals surface area contributed by atoms with Crippen LogP contribution in [0.4, 0.5) is 5.69 Å². The SMILES string of the molecule is C=CCNC(=O)CNc1ccc(OCC(=C)C)cc1. The van der Waals surface area contributed by atoms with Crippen molar-refractivity contribution in [3.05, 3.63) is 49.1 Å². The predicted octanol–water partition coefficient (Wildman–Crippen LogP) is 2.36. The molecule has 0 aliphatic rings. The molecule has 0 bridgehead atoms. The van der Waals surface area contributed by atoms with Gasteiger partial charge in [0, 0.05) is 12.2 Å². The van der Waals surface area contributed by atoms with Crippen LogP contribution in [0.5, 0.6) is 5.75 Å². The third-order valence-electron chi connectivity index (χ3n) is 2.24. The molecular formula is C15H20N2O2. The van der Waals surface area contributed by atoms with Crippen LogP contribution in [0.15, 0.2) is 49.1 Å². The topological polar surface area (TPSA) is 50.4 Å². The number of benzene rings is 1. The molecule has 0 aromatic heterocycles. The molecule has 1 rings (SSSR count). The van der Waals surface area contributed by atoms with Crippen LogP contribution >= 0.6 is 0 Å². The number of nitrogens with one attached hydrogen (secondary N) is 2. The number of carbonyl (C=O) groups is 1. The van der Waals surface area contributed by atoms with Gasteiger partial charge in [-0.15, -0.1) is 6.58 Å². The lowest BCUT2D eigenvalue weighted by atomic mass is 10.3. The summed E-state index contributed by atoms with van der Waals surface area (Å²) < 4.78 is 5.48. The number of amides is 1. The first-order valence-electron chi connectivity index (χ1n) is 6.10. The Morgan fingerprint density at radius 1 is 1.37 bits per heavy atom. The third kappa shape index (κ3) is 6.31. The maximum Gasteiger partial charge on any atom is 0.239 e. The molecule has 0 heterocycles. The van der Waals surface area contributed by atoms with Gasteiger partial charge < -0.3 is 15.4 Å². The number of ether oxygens (including phenoxy) is 1. The van der Waals surface area contributed by atoms with Crippen LogP contribution < -0.4 is 15.4 Å². The average Bonchev–Trinajstić information content (AvgIpc) is 2.41. The molecule has 0 radical (unpaired) electrons. The highest BCUT2D eigenvalue weighted by molar-refractivity contribution is 5.80. The highest BCUT2D eigenvalue weighted by Gasteiger charge is 2.00. The molecule has 0 saturated carbocycles. The Labute approximate surface area is 114 Å². The Balaban J connectivity index is 2.37. The largest absolute Gasteiger partial charge is 0.489 e. The second-order valence-electron chi connectivity index (χ2n) is 4.22. The van der Waals surface area contributed by atoms with Crippen LogP contribution in [0.25, 0.3) is 0 Å². The number of anilines is 1. The minimum atomic E-state index is -0.0671. The molecule has 102 valence electrons. The first-order valence-corrected chi connectivity index (χ1v) is 6.10. The van der Waals surface area contributed by atoms with E-state index in [1.165, 1.54) is 0 Å². The van der Waals surface area contributed by atoms with E-state index in [0.717, 1.165) is 17.0 Å². The van der Waals surface area contributed by atoms with Gasteiger partial charge in [0.05, 0.1) is 6.54 Å². The Morgan fingerprint density at radius 3 is 2.63 bits per heavy atom. The molecule has 0 fully saturated rings. The molecule has 4 nitrogen and oxygen atoms in total. The summed E-state index contributed by atoms with van der Waals surface area (Å²) in [6, 6.07) is 7.45. The molecular weight excluding hydrogens is 240 g/mol. The van der Waals surface area contributed by atoms with E-state index in [1.54, 1.807) is 6.08 Å². The third-order valence-corrected chi connectivity index (χ3v) is 2.24. The van der Waals surface area contributed by atoms with E-state index in [4.69, 9.17) is 4.74 Å². The zero-order valence-corrected chi connectivity index (χ0v) is 11.2. The zero-order chi connectivity index (χ0) is 14.1. The highest BCUT2D eigenvalue weighted by Crippen LogP contribution is 2.15. The van der Waals surface area contributed by atoms with Crippen molar-refractivity contribution in [1.82, 2.24) is 5.32 Å².